The molecule has 8 nitrogen and oxygen atoms in total. The number of hydrogen-bond acceptors (Lipinski definition) is 6. The average molecular weight is 546 g/mol. The summed E-state index contributed by atoms with van der Waals surface area (Å²) in [5, 5.41) is 12.3. The summed E-state index contributed by atoms with van der Waals surface area (Å²) in [5.41, 5.74) is 0.702. The molecule has 0 radical (unpaired) electrons. The van der Waals surface area contributed by atoms with Gasteiger partial charge in [-0.25, -0.2) is 4.39 Å². The molecule has 208 valence electrons. The van der Waals surface area contributed by atoms with Crippen LogP contribution in [0.5, 0.6) is 5.75 Å². The van der Waals surface area contributed by atoms with Crippen molar-refractivity contribution in [3.05, 3.63) is 53.4 Å². The molecule has 2 aromatic rings. The zero-order valence-electron chi connectivity index (χ0n) is 21.0. The Balaban J connectivity index is 2.06. The van der Waals surface area contributed by atoms with Crippen molar-refractivity contribution >= 4 is 17.5 Å². The van der Waals surface area contributed by atoms with Gasteiger partial charge in [-0.2, -0.15) is 17.6 Å². The summed E-state index contributed by atoms with van der Waals surface area (Å²) in [5.74, 6) is -8.28. The molecule has 1 aliphatic heterocycles. The molecule has 4 N–H and O–H groups in total. The fraction of sp³-hybridized carbons (Fsp3) is 0.480. The molecule has 0 spiro atoms. The van der Waals surface area contributed by atoms with Gasteiger partial charge in [-0.05, 0) is 39.0 Å². The minimum atomic E-state index is -4.93. The maximum absolute atomic E-state index is 14.9. The zero-order valence-corrected chi connectivity index (χ0v) is 21.0. The lowest BCUT2D eigenvalue weighted by molar-refractivity contribution is -0.272. The monoisotopic (exact) mass is 545 g/mol. The number of benzene rings is 1. The van der Waals surface area contributed by atoms with Gasteiger partial charge in [0.05, 0.1) is 12.2 Å². The second kappa shape index (κ2) is 10.4. The number of ether oxygens (including phenoxy) is 2. The van der Waals surface area contributed by atoms with Crippen LogP contribution in [0.4, 0.5) is 27.6 Å². The molecule has 1 aromatic heterocycles. The highest BCUT2D eigenvalue weighted by atomic mass is 19.4. The van der Waals surface area contributed by atoms with Crippen LogP contribution in [-0.2, 0) is 9.53 Å². The van der Waals surface area contributed by atoms with Crippen LogP contribution >= 0.6 is 0 Å². The van der Waals surface area contributed by atoms with Crippen molar-refractivity contribution in [2.75, 3.05) is 11.9 Å². The number of rotatable bonds is 8. The van der Waals surface area contributed by atoms with E-state index >= 15 is 0 Å². The van der Waals surface area contributed by atoms with E-state index in [1.165, 1.54) is 26.8 Å². The Labute approximate surface area is 215 Å². The van der Waals surface area contributed by atoms with Crippen LogP contribution in [0.25, 0.3) is 0 Å². The first-order valence-electron chi connectivity index (χ1n) is 11.6. The van der Waals surface area contributed by atoms with Crippen LogP contribution in [-0.4, -0.2) is 52.0 Å². The van der Waals surface area contributed by atoms with E-state index in [1.807, 2.05) is 0 Å². The number of anilines is 1. The van der Waals surface area contributed by atoms with Crippen LogP contribution in [0.1, 0.15) is 56.1 Å². The number of hydrogen-bond donors (Lipinski definition) is 3. The fourth-order valence-electron chi connectivity index (χ4n) is 4.24. The quantitative estimate of drug-likeness (QED) is 0.430. The van der Waals surface area contributed by atoms with Gasteiger partial charge in [-0.15, -0.1) is 0 Å². The van der Waals surface area contributed by atoms with Crippen molar-refractivity contribution in [2.24, 2.45) is 11.7 Å². The van der Waals surface area contributed by atoms with Crippen LogP contribution in [0, 0.1) is 17.6 Å². The van der Waals surface area contributed by atoms with Crippen molar-refractivity contribution in [2.45, 2.75) is 63.5 Å². The van der Waals surface area contributed by atoms with Gasteiger partial charge in [0.1, 0.15) is 11.8 Å². The summed E-state index contributed by atoms with van der Waals surface area (Å²) >= 11 is 0. The first kappa shape index (κ1) is 29.2. The number of primary amides is 1. The van der Waals surface area contributed by atoms with Crippen molar-refractivity contribution in [3.63, 3.8) is 0 Å². The number of carbonyl (C=O) groups excluding carboxylic acids is 2. The SMILES string of the molecule is C[C@H]1[C@@H](c2ccc(F)c(F)c2OCCC(C)(C)O)[C@H](C(=O)Nc2ccnc(C(N)=O)c2)O[C@@]1(C)C(F)(F)F. The van der Waals surface area contributed by atoms with E-state index in [0.29, 0.717) is 0 Å². The molecular formula is C25H28F5N3O5. The Hall–Kier alpha value is -3.32. The topological polar surface area (TPSA) is 124 Å². The standard InChI is InChI=1S/C25H28F5N3O5/c1-12-17(14-5-6-15(26)18(27)19(14)37-10-8-23(2,3)36)20(38-24(12,4)25(28,29)30)22(35)33-13-7-9-32-16(11-13)21(31)34/h5-7,9,11-12,17,20,36H,8,10H2,1-4H3,(H2,31,34)(H,32,33,35)/t12-,17-,20+,24+/m0/s1. The summed E-state index contributed by atoms with van der Waals surface area (Å²) < 4.78 is 82.3. The Morgan fingerprint density at radius 1 is 1.24 bits per heavy atom. The van der Waals surface area contributed by atoms with Crippen LogP contribution in [0.3, 0.4) is 0 Å². The van der Waals surface area contributed by atoms with E-state index in [0.717, 1.165) is 31.3 Å². The van der Waals surface area contributed by atoms with E-state index < -0.39 is 64.5 Å². The molecule has 1 saturated heterocycles. The zero-order chi connectivity index (χ0) is 28.6. The molecule has 1 aliphatic rings. The predicted molar refractivity (Wildman–Crippen MR) is 125 cm³/mol. The van der Waals surface area contributed by atoms with Crippen LogP contribution < -0.4 is 15.8 Å². The molecule has 13 heteroatoms. The van der Waals surface area contributed by atoms with E-state index in [9.17, 15) is 36.6 Å². The lowest BCUT2D eigenvalue weighted by Crippen LogP contribution is -2.47. The molecule has 4 atom stereocenters. The third kappa shape index (κ3) is 5.88. The van der Waals surface area contributed by atoms with E-state index in [4.69, 9.17) is 15.2 Å². The van der Waals surface area contributed by atoms with Crippen molar-refractivity contribution < 1.29 is 46.1 Å². The average Bonchev–Trinajstić information content (AvgIpc) is 3.08. The number of amides is 2. The molecule has 1 fully saturated rings. The summed E-state index contributed by atoms with van der Waals surface area (Å²) in [6.07, 6.45) is -5.61. The van der Waals surface area contributed by atoms with E-state index in [-0.39, 0.29) is 30.0 Å². The van der Waals surface area contributed by atoms with Gasteiger partial charge in [0.15, 0.2) is 17.2 Å². The number of alkyl halides is 3. The van der Waals surface area contributed by atoms with Gasteiger partial charge in [0.2, 0.25) is 5.82 Å². The highest BCUT2D eigenvalue weighted by Gasteiger charge is 2.66. The first-order chi connectivity index (χ1) is 17.5. The van der Waals surface area contributed by atoms with Crippen molar-refractivity contribution in [3.8, 4) is 5.75 Å². The van der Waals surface area contributed by atoms with Gasteiger partial charge >= 0.3 is 6.18 Å². The maximum atomic E-state index is 14.9. The Morgan fingerprint density at radius 2 is 1.89 bits per heavy atom. The lowest BCUT2D eigenvalue weighted by Gasteiger charge is -2.32. The molecule has 2 amide bonds. The highest BCUT2D eigenvalue weighted by Crippen LogP contribution is 2.55. The van der Waals surface area contributed by atoms with E-state index in [2.05, 4.69) is 10.3 Å². The van der Waals surface area contributed by atoms with Gasteiger partial charge in [0.25, 0.3) is 11.8 Å². The van der Waals surface area contributed by atoms with Gasteiger partial charge in [-0.3, -0.25) is 14.6 Å². The number of nitrogens with one attached hydrogen (secondary N) is 1. The second-order valence-corrected chi connectivity index (χ2v) is 9.93. The summed E-state index contributed by atoms with van der Waals surface area (Å²) in [6, 6.07) is 4.17. The maximum Gasteiger partial charge on any atom is 0.417 e. The Morgan fingerprint density at radius 3 is 2.47 bits per heavy atom. The second-order valence-electron chi connectivity index (χ2n) is 9.93. The molecular weight excluding hydrogens is 517 g/mol. The minimum Gasteiger partial charge on any atom is -0.490 e. The fourth-order valence-corrected chi connectivity index (χ4v) is 4.24. The van der Waals surface area contributed by atoms with Crippen LogP contribution in [0.2, 0.25) is 0 Å². The first-order valence-corrected chi connectivity index (χ1v) is 11.6. The van der Waals surface area contributed by atoms with Gasteiger partial charge in [0, 0.05) is 35.7 Å². The number of pyridine rings is 1. The summed E-state index contributed by atoms with van der Waals surface area (Å²) in [6.45, 7) is 4.59. The predicted octanol–water partition coefficient (Wildman–Crippen LogP) is 4.08. The molecule has 0 aliphatic carbocycles. The number of aromatic nitrogens is 1. The number of halogens is 5. The van der Waals surface area contributed by atoms with E-state index in [1.54, 1.807) is 0 Å². The molecule has 0 bridgehead atoms. The highest BCUT2D eigenvalue weighted by molar-refractivity contribution is 5.97. The lowest BCUT2D eigenvalue weighted by atomic mass is 9.77. The number of nitrogens with two attached hydrogens (primary N) is 1. The molecule has 0 saturated carbocycles. The number of nitrogens with zero attached hydrogens (tertiary/aromatic N) is 1. The Kier molecular flexibility index (Phi) is 8.04. The largest absolute Gasteiger partial charge is 0.490 e. The van der Waals surface area contributed by atoms with Gasteiger partial charge < -0.3 is 25.6 Å². The smallest absolute Gasteiger partial charge is 0.417 e. The minimum absolute atomic E-state index is 0.00125. The van der Waals surface area contributed by atoms with Crippen molar-refractivity contribution in [1.82, 2.24) is 4.98 Å². The Bertz CT molecular complexity index is 1220. The molecule has 2 heterocycles. The molecule has 3 rings (SSSR count). The summed E-state index contributed by atoms with van der Waals surface area (Å²) in [4.78, 5) is 28.4. The molecule has 38 heavy (non-hydrogen) atoms. The van der Waals surface area contributed by atoms with Gasteiger partial charge in [-0.1, -0.05) is 13.0 Å². The third-order valence-electron chi connectivity index (χ3n) is 6.61. The third-order valence-corrected chi connectivity index (χ3v) is 6.61. The summed E-state index contributed by atoms with van der Waals surface area (Å²) in [7, 11) is 0. The number of carbonyl (C=O) groups is 2. The molecule has 1 aromatic carbocycles. The number of aliphatic hydroxyl groups is 1. The normalized spacial score (nSPS) is 23.8. The molecule has 0 unspecified atom stereocenters. The van der Waals surface area contributed by atoms with Crippen molar-refractivity contribution in [1.29, 1.82) is 0 Å². The van der Waals surface area contributed by atoms with Crippen LogP contribution in [0.15, 0.2) is 30.5 Å².